The highest BCUT2D eigenvalue weighted by Crippen LogP contribution is 2.26. The van der Waals surface area contributed by atoms with Crippen molar-refractivity contribution in [3.05, 3.63) is 115 Å². The summed E-state index contributed by atoms with van der Waals surface area (Å²) in [4.78, 5) is 4.41. The number of pyridine rings is 1. The van der Waals surface area contributed by atoms with Crippen molar-refractivity contribution < 1.29 is 9.47 Å². The minimum Gasteiger partial charge on any atom is -0.493 e. The van der Waals surface area contributed by atoms with Gasteiger partial charge in [-0.1, -0.05) is 61.7 Å². The summed E-state index contributed by atoms with van der Waals surface area (Å²) in [5.74, 6) is 2.36. The number of anilines is 2. The zero-order valence-corrected chi connectivity index (χ0v) is 18.6. The van der Waals surface area contributed by atoms with E-state index in [1.165, 1.54) is 0 Å². The molecular weight excluding hydrogens is 396 g/mol. The van der Waals surface area contributed by atoms with E-state index in [0.717, 1.165) is 52.5 Å². The smallest absolute Gasteiger partial charge is 0.133 e. The van der Waals surface area contributed by atoms with Crippen molar-refractivity contribution in [1.82, 2.24) is 4.98 Å². The van der Waals surface area contributed by atoms with Gasteiger partial charge in [-0.05, 0) is 60.7 Å². The fourth-order valence-corrected chi connectivity index (χ4v) is 3.19. The molecule has 0 radical (unpaired) electrons. The van der Waals surface area contributed by atoms with Crippen LogP contribution in [0.5, 0.6) is 11.5 Å². The van der Waals surface area contributed by atoms with Gasteiger partial charge in [0.25, 0.3) is 0 Å². The van der Waals surface area contributed by atoms with Crippen LogP contribution in [-0.4, -0.2) is 11.6 Å². The van der Waals surface area contributed by atoms with Gasteiger partial charge in [0.15, 0.2) is 0 Å². The first kappa shape index (κ1) is 22.9. The number of allylic oxidation sites excluding steroid dienone is 4. The van der Waals surface area contributed by atoms with Crippen LogP contribution in [0.25, 0.3) is 0 Å². The quantitative estimate of drug-likeness (QED) is 0.246. The number of aromatic nitrogens is 1. The molecule has 4 nitrogen and oxygen atoms in total. The van der Waals surface area contributed by atoms with Gasteiger partial charge in [0.05, 0.1) is 6.61 Å². The minimum atomic E-state index is 0.547. The van der Waals surface area contributed by atoms with E-state index < -0.39 is 0 Å². The van der Waals surface area contributed by atoms with Crippen molar-refractivity contribution in [2.75, 3.05) is 11.9 Å². The summed E-state index contributed by atoms with van der Waals surface area (Å²) in [5, 5.41) is 3.37. The van der Waals surface area contributed by atoms with Crippen LogP contribution < -0.4 is 14.8 Å². The molecule has 0 saturated carbocycles. The van der Waals surface area contributed by atoms with Crippen LogP contribution in [0.15, 0.2) is 104 Å². The fraction of sp³-hybridized carbons (Fsp3) is 0.179. The fourth-order valence-electron chi connectivity index (χ4n) is 3.19. The molecule has 0 unspecified atom stereocenters. The summed E-state index contributed by atoms with van der Waals surface area (Å²) in [6, 6.07) is 19.9. The van der Waals surface area contributed by atoms with Crippen LogP contribution in [0.3, 0.4) is 0 Å². The lowest BCUT2D eigenvalue weighted by Gasteiger charge is -2.13. The standard InChI is InChI=1S/C28H30N2O2/c1-4-10-23(5-2)13-9-18-31-26-16-17-29-28(20-26)30-27-15-14-25(19-22(27)3)32-21-24-11-7-6-8-12-24/h4-8,10-12,14-17,19-20H,1-2,9,13,18,21H2,3H3,(H,29,30)/b23-10+. The summed E-state index contributed by atoms with van der Waals surface area (Å²) >= 11 is 0. The van der Waals surface area contributed by atoms with E-state index >= 15 is 0 Å². The maximum atomic E-state index is 5.91. The molecule has 1 heterocycles. The van der Waals surface area contributed by atoms with Gasteiger partial charge in [0.1, 0.15) is 23.9 Å². The number of aryl methyl sites for hydroxylation is 1. The van der Waals surface area contributed by atoms with E-state index in [1.54, 1.807) is 12.3 Å². The molecule has 3 aromatic rings. The molecule has 0 atom stereocenters. The molecule has 0 aliphatic carbocycles. The first-order chi connectivity index (χ1) is 15.7. The number of hydrogen-bond donors (Lipinski definition) is 1. The van der Waals surface area contributed by atoms with Gasteiger partial charge in [-0.25, -0.2) is 4.98 Å². The predicted octanol–water partition coefficient (Wildman–Crippen LogP) is 7.17. The summed E-state index contributed by atoms with van der Waals surface area (Å²) in [7, 11) is 0. The van der Waals surface area contributed by atoms with Crippen molar-refractivity contribution >= 4 is 11.5 Å². The molecular formula is C28H30N2O2. The zero-order valence-electron chi connectivity index (χ0n) is 18.6. The van der Waals surface area contributed by atoms with E-state index in [-0.39, 0.29) is 0 Å². The van der Waals surface area contributed by atoms with Crippen molar-refractivity contribution in [1.29, 1.82) is 0 Å². The summed E-state index contributed by atoms with van der Waals surface area (Å²) in [6.07, 6.45) is 9.17. The lowest BCUT2D eigenvalue weighted by Crippen LogP contribution is -2.01. The van der Waals surface area contributed by atoms with E-state index in [0.29, 0.717) is 13.2 Å². The van der Waals surface area contributed by atoms with E-state index in [1.807, 2.05) is 67.6 Å². The molecule has 0 bridgehead atoms. The Morgan fingerprint density at radius 3 is 2.56 bits per heavy atom. The Kier molecular flexibility index (Phi) is 8.70. The van der Waals surface area contributed by atoms with Crippen molar-refractivity contribution in [3.63, 3.8) is 0 Å². The second kappa shape index (κ2) is 12.2. The Morgan fingerprint density at radius 1 is 1.00 bits per heavy atom. The van der Waals surface area contributed by atoms with E-state index in [9.17, 15) is 0 Å². The Bertz CT molecular complexity index is 1060. The van der Waals surface area contributed by atoms with Gasteiger partial charge in [-0.3, -0.25) is 0 Å². The van der Waals surface area contributed by atoms with Gasteiger partial charge in [0, 0.05) is 18.0 Å². The molecule has 1 N–H and O–H groups in total. The van der Waals surface area contributed by atoms with Crippen LogP contribution in [-0.2, 0) is 6.61 Å². The third kappa shape index (κ3) is 7.17. The van der Waals surface area contributed by atoms with Gasteiger partial charge < -0.3 is 14.8 Å². The normalized spacial score (nSPS) is 11.0. The summed E-state index contributed by atoms with van der Waals surface area (Å²) < 4.78 is 11.8. The molecule has 2 aromatic carbocycles. The molecule has 3 rings (SSSR count). The molecule has 4 heteroatoms. The van der Waals surface area contributed by atoms with Gasteiger partial charge >= 0.3 is 0 Å². The number of ether oxygens (including phenoxy) is 2. The largest absolute Gasteiger partial charge is 0.493 e. The first-order valence-corrected chi connectivity index (χ1v) is 10.7. The van der Waals surface area contributed by atoms with Gasteiger partial charge in [-0.15, -0.1) is 0 Å². The topological polar surface area (TPSA) is 43.4 Å². The molecule has 32 heavy (non-hydrogen) atoms. The Hall–Kier alpha value is -3.79. The summed E-state index contributed by atoms with van der Waals surface area (Å²) in [5.41, 5.74) is 4.36. The lowest BCUT2D eigenvalue weighted by molar-refractivity contribution is 0.306. The van der Waals surface area contributed by atoms with Crippen molar-refractivity contribution in [2.45, 2.75) is 26.4 Å². The zero-order chi connectivity index (χ0) is 22.6. The average Bonchev–Trinajstić information content (AvgIpc) is 2.82. The Labute approximate surface area is 190 Å². The molecule has 1 aromatic heterocycles. The predicted molar refractivity (Wildman–Crippen MR) is 133 cm³/mol. The van der Waals surface area contributed by atoms with Crippen LogP contribution in [0, 0.1) is 6.92 Å². The number of hydrogen-bond acceptors (Lipinski definition) is 4. The number of rotatable bonds is 12. The second-order valence-electron chi connectivity index (χ2n) is 7.39. The molecule has 0 spiro atoms. The number of benzene rings is 2. The second-order valence-corrected chi connectivity index (χ2v) is 7.39. The molecule has 0 fully saturated rings. The highest BCUT2D eigenvalue weighted by atomic mass is 16.5. The number of nitrogens with one attached hydrogen (secondary N) is 1. The van der Waals surface area contributed by atoms with Gasteiger partial charge in [-0.2, -0.15) is 0 Å². The third-order valence-corrected chi connectivity index (χ3v) is 4.91. The van der Waals surface area contributed by atoms with Crippen LogP contribution in [0.4, 0.5) is 11.5 Å². The molecule has 0 saturated heterocycles. The SMILES string of the molecule is C=C/C=C(\C=C)CCCOc1ccnc(Nc2ccc(OCc3ccccc3)cc2C)c1. The van der Waals surface area contributed by atoms with E-state index in [4.69, 9.17) is 9.47 Å². The third-order valence-electron chi connectivity index (χ3n) is 4.91. The molecule has 164 valence electrons. The molecule has 0 aliphatic rings. The maximum absolute atomic E-state index is 5.91. The van der Waals surface area contributed by atoms with Crippen molar-refractivity contribution in [2.24, 2.45) is 0 Å². The van der Waals surface area contributed by atoms with Crippen molar-refractivity contribution in [3.8, 4) is 11.5 Å². The lowest BCUT2D eigenvalue weighted by atomic mass is 10.1. The van der Waals surface area contributed by atoms with Crippen LogP contribution in [0.2, 0.25) is 0 Å². The summed E-state index contributed by atoms with van der Waals surface area (Å²) in [6.45, 7) is 10.8. The maximum Gasteiger partial charge on any atom is 0.133 e. The highest BCUT2D eigenvalue weighted by molar-refractivity contribution is 5.62. The Morgan fingerprint density at radius 2 is 1.81 bits per heavy atom. The van der Waals surface area contributed by atoms with Crippen LogP contribution in [0.1, 0.15) is 24.0 Å². The van der Waals surface area contributed by atoms with Gasteiger partial charge in [0.2, 0.25) is 0 Å². The minimum absolute atomic E-state index is 0.547. The van der Waals surface area contributed by atoms with Crippen LogP contribution >= 0.6 is 0 Å². The molecule has 0 aliphatic heterocycles. The number of nitrogens with zero attached hydrogens (tertiary/aromatic N) is 1. The van der Waals surface area contributed by atoms with E-state index in [2.05, 4.69) is 35.6 Å². The highest BCUT2D eigenvalue weighted by Gasteiger charge is 2.05. The molecule has 0 amide bonds. The average molecular weight is 427 g/mol. The monoisotopic (exact) mass is 426 g/mol. The Balaban J connectivity index is 1.53. The first-order valence-electron chi connectivity index (χ1n) is 10.7.